The van der Waals surface area contributed by atoms with E-state index in [2.05, 4.69) is 10.6 Å². The van der Waals surface area contributed by atoms with Crippen molar-refractivity contribution in [1.82, 2.24) is 10.6 Å². The summed E-state index contributed by atoms with van der Waals surface area (Å²) in [4.78, 5) is 35.4. The molecule has 0 aromatic heterocycles. The Morgan fingerprint density at radius 2 is 1.53 bits per heavy atom. The summed E-state index contributed by atoms with van der Waals surface area (Å²) in [6.45, 7) is 5.27. The van der Waals surface area contributed by atoms with Crippen molar-refractivity contribution >= 4 is 18.0 Å². The van der Waals surface area contributed by atoms with Crippen molar-refractivity contribution in [2.24, 2.45) is 0 Å². The van der Waals surface area contributed by atoms with E-state index in [1.54, 1.807) is 45.0 Å². The van der Waals surface area contributed by atoms with Crippen LogP contribution in [0.1, 0.15) is 31.9 Å². The Balaban J connectivity index is 1.91. The van der Waals surface area contributed by atoms with Crippen molar-refractivity contribution in [3.63, 3.8) is 0 Å². The number of carboxylic acids is 1. The highest BCUT2D eigenvalue weighted by atomic mass is 16.6. The third-order valence-electron chi connectivity index (χ3n) is 4.24. The van der Waals surface area contributed by atoms with Gasteiger partial charge in [0.1, 0.15) is 11.4 Å². The lowest BCUT2D eigenvalue weighted by Gasteiger charge is -2.25. The van der Waals surface area contributed by atoms with Crippen LogP contribution < -0.4 is 15.4 Å². The van der Waals surface area contributed by atoms with Gasteiger partial charge in [-0.25, -0.2) is 9.59 Å². The van der Waals surface area contributed by atoms with Gasteiger partial charge in [0.05, 0.1) is 0 Å². The molecule has 9 nitrogen and oxygen atoms in total. The lowest BCUT2D eigenvalue weighted by Crippen LogP contribution is -2.39. The Bertz CT molecular complexity index is 941. The summed E-state index contributed by atoms with van der Waals surface area (Å²) < 4.78 is 10.5. The van der Waals surface area contributed by atoms with Crippen LogP contribution in [0.15, 0.2) is 54.6 Å². The minimum atomic E-state index is -2.27. The molecule has 0 aliphatic heterocycles. The number of amides is 2. The number of aliphatic hydroxyl groups is 1. The van der Waals surface area contributed by atoms with Gasteiger partial charge >= 0.3 is 12.1 Å². The molecule has 0 saturated carbocycles. The third-order valence-corrected chi connectivity index (χ3v) is 4.24. The van der Waals surface area contributed by atoms with E-state index in [0.29, 0.717) is 0 Å². The lowest BCUT2D eigenvalue weighted by atomic mass is 9.86. The van der Waals surface area contributed by atoms with Crippen LogP contribution in [-0.2, 0) is 19.9 Å². The highest BCUT2D eigenvalue weighted by Gasteiger charge is 2.40. The summed E-state index contributed by atoms with van der Waals surface area (Å²) >= 11 is 0. The smallest absolute Gasteiger partial charge is 0.407 e. The van der Waals surface area contributed by atoms with Gasteiger partial charge in [-0.2, -0.15) is 0 Å². The van der Waals surface area contributed by atoms with Crippen LogP contribution in [0, 0.1) is 0 Å². The van der Waals surface area contributed by atoms with Crippen molar-refractivity contribution in [2.75, 3.05) is 19.7 Å². The minimum absolute atomic E-state index is 0.0932. The largest absolute Gasteiger partial charge is 0.484 e. The third kappa shape index (κ3) is 6.98. The maximum absolute atomic E-state index is 12.0. The number of carbonyl (C=O) groups excluding carboxylic acids is 2. The van der Waals surface area contributed by atoms with E-state index in [1.807, 2.05) is 0 Å². The van der Waals surface area contributed by atoms with E-state index in [-0.39, 0.29) is 36.6 Å². The first kappa shape index (κ1) is 24.7. The van der Waals surface area contributed by atoms with Gasteiger partial charge in [-0.05, 0) is 38.5 Å². The van der Waals surface area contributed by atoms with Crippen LogP contribution in [0.5, 0.6) is 5.75 Å². The quantitative estimate of drug-likeness (QED) is 0.435. The number of nitrogens with one attached hydrogen (secondary N) is 2. The van der Waals surface area contributed by atoms with E-state index < -0.39 is 29.2 Å². The van der Waals surface area contributed by atoms with E-state index in [0.717, 1.165) is 0 Å². The number of carbonyl (C=O) groups is 3. The van der Waals surface area contributed by atoms with Gasteiger partial charge < -0.3 is 30.3 Å². The van der Waals surface area contributed by atoms with Gasteiger partial charge in [-0.15, -0.1) is 0 Å². The predicted molar refractivity (Wildman–Crippen MR) is 116 cm³/mol. The molecule has 1 unspecified atom stereocenters. The summed E-state index contributed by atoms with van der Waals surface area (Å²) in [6, 6.07) is 13.9. The summed E-state index contributed by atoms with van der Waals surface area (Å²) in [5.41, 5.74) is -2.59. The minimum Gasteiger partial charge on any atom is -0.484 e. The van der Waals surface area contributed by atoms with Crippen LogP contribution in [0.4, 0.5) is 4.79 Å². The van der Waals surface area contributed by atoms with Crippen molar-refractivity contribution < 1.29 is 34.1 Å². The van der Waals surface area contributed by atoms with Crippen molar-refractivity contribution in [1.29, 1.82) is 0 Å². The first-order chi connectivity index (χ1) is 15.0. The van der Waals surface area contributed by atoms with Crippen LogP contribution in [0.3, 0.4) is 0 Å². The van der Waals surface area contributed by atoms with Crippen molar-refractivity contribution in [3.05, 3.63) is 65.7 Å². The Morgan fingerprint density at radius 1 is 0.906 bits per heavy atom. The molecule has 0 aliphatic carbocycles. The fraction of sp³-hybridized carbons (Fsp3) is 0.348. The second kappa shape index (κ2) is 10.6. The van der Waals surface area contributed by atoms with Gasteiger partial charge in [0.2, 0.25) is 5.60 Å². The highest BCUT2D eigenvalue weighted by molar-refractivity contribution is 5.84. The van der Waals surface area contributed by atoms with Gasteiger partial charge in [0, 0.05) is 18.7 Å². The van der Waals surface area contributed by atoms with Crippen LogP contribution in [0.25, 0.3) is 0 Å². The van der Waals surface area contributed by atoms with E-state index >= 15 is 0 Å². The monoisotopic (exact) mass is 444 g/mol. The molecule has 0 radical (unpaired) electrons. The number of alkyl carbamates (subject to hydrolysis) is 1. The van der Waals surface area contributed by atoms with E-state index in [4.69, 9.17) is 9.47 Å². The molecule has 0 aliphatic rings. The molecule has 0 spiro atoms. The zero-order valence-electron chi connectivity index (χ0n) is 18.3. The van der Waals surface area contributed by atoms with Gasteiger partial charge in [-0.3, -0.25) is 4.79 Å². The number of ether oxygens (including phenoxy) is 2. The molecule has 2 amide bonds. The molecule has 172 valence electrons. The summed E-state index contributed by atoms with van der Waals surface area (Å²) in [6.07, 6.45) is -0.579. The molecule has 32 heavy (non-hydrogen) atoms. The first-order valence-corrected chi connectivity index (χ1v) is 10.0. The maximum Gasteiger partial charge on any atom is 0.407 e. The second-order valence-corrected chi connectivity index (χ2v) is 7.98. The number of hydrogen-bond donors (Lipinski definition) is 4. The molecule has 1 atom stereocenters. The summed E-state index contributed by atoms with van der Waals surface area (Å²) in [7, 11) is 0. The standard InChI is InChI=1S/C23H28N2O7/c1-22(2,3)32-21(29)25-13-12-24-19(26)15-31-18-11-7-10-17(14-18)23(30,20(27)28)16-8-5-4-6-9-16/h4-11,14,30H,12-13,15H2,1-3H3,(H,24,26)(H,25,29)(H,27,28). The topological polar surface area (TPSA) is 134 Å². The lowest BCUT2D eigenvalue weighted by molar-refractivity contribution is -0.155. The molecule has 2 rings (SSSR count). The van der Waals surface area contributed by atoms with Gasteiger partial charge in [-0.1, -0.05) is 42.5 Å². The van der Waals surface area contributed by atoms with Gasteiger partial charge in [0.15, 0.2) is 6.61 Å². The molecule has 0 heterocycles. The first-order valence-electron chi connectivity index (χ1n) is 10.0. The summed E-state index contributed by atoms with van der Waals surface area (Å²) in [5, 5.41) is 25.7. The average molecular weight is 444 g/mol. The number of benzene rings is 2. The highest BCUT2D eigenvalue weighted by Crippen LogP contribution is 2.32. The molecular formula is C23H28N2O7. The van der Waals surface area contributed by atoms with Crippen LogP contribution >= 0.6 is 0 Å². The number of hydrogen-bond acceptors (Lipinski definition) is 6. The molecule has 2 aromatic carbocycles. The van der Waals surface area contributed by atoms with Crippen molar-refractivity contribution in [3.8, 4) is 5.75 Å². The second-order valence-electron chi connectivity index (χ2n) is 7.98. The fourth-order valence-electron chi connectivity index (χ4n) is 2.78. The molecule has 0 saturated heterocycles. The van der Waals surface area contributed by atoms with E-state index in [1.165, 1.54) is 30.3 Å². The maximum atomic E-state index is 12.0. The average Bonchev–Trinajstić information content (AvgIpc) is 2.74. The zero-order chi connectivity index (χ0) is 23.8. The Hall–Kier alpha value is -3.59. The van der Waals surface area contributed by atoms with Crippen LogP contribution in [-0.4, -0.2) is 53.5 Å². The molecular weight excluding hydrogens is 416 g/mol. The number of aliphatic carboxylic acids is 1. The Morgan fingerprint density at radius 3 is 2.16 bits per heavy atom. The van der Waals surface area contributed by atoms with Crippen LogP contribution in [0.2, 0.25) is 0 Å². The number of carboxylic acid groups (broad SMARTS) is 1. The Kier molecular flexibility index (Phi) is 8.20. The fourth-order valence-corrected chi connectivity index (χ4v) is 2.78. The van der Waals surface area contributed by atoms with Crippen molar-refractivity contribution in [2.45, 2.75) is 32.0 Å². The SMILES string of the molecule is CC(C)(C)OC(=O)NCCNC(=O)COc1cccc(C(O)(C(=O)O)c2ccccc2)c1. The molecule has 9 heteroatoms. The normalized spacial score (nSPS) is 12.9. The summed E-state index contributed by atoms with van der Waals surface area (Å²) in [5.74, 6) is -1.64. The Labute approximate surface area is 186 Å². The predicted octanol–water partition coefficient (Wildman–Crippen LogP) is 2.03. The molecule has 0 fully saturated rings. The van der Waals surface area contributed by atoms with Gasteiger partial charge in [0.25, 0.3) is 5.91 Å². The zero-order valence-corrected chi connectivity index (χ0v) is 18.3. The molecule has 0 bridgehead atoms. The molecule has 2 aromatic rings. The number of rotatable bonds is 9. The van der Waals surface area contributed by atoms with E-state index in [9.17, 15) is 24.6 Å². The molecule has 4 N–H and O–H groups in total.